The van der Waals surface area contributed by atoms with E-state index in [1.807, 2.05) is 54.6 Å². The Labute approximate surface area is 162 Å². The van der Waals surface area contributed by atoms with Crippen LogP contribution >= 0.6 is 0 Å². The van der Waals surface area contributed by atoms with Crippen LogP contribution in [0.25, 0.3) is 0 Å². The van der Waals surface area contributed by atoms with Crippen molar-refractivity contribution < 1.29 is 9.53 Å². The highest BCUT2D eigenvalue weighted by molar-refractivity contribution is 5.94. The van der Waals surface area contributed by atoms with Gasteiger partial charge >= 0.3 is 0 Å². The number of piperidine rings is 1. The van der Waals surface area contributed by atoms with Crippen molar-refractivity contribution in [2.75, 3.05) is 0 Å². The molecule has 2 N–H and O–H groups in total. The van der Waals surface area contributed by atoms with Gasteiger partial charge in [0.25, 0.3) is 5.91 Å². The fraction of sp³-hybridized carbons (Fsp3) is 0.435. The maximum Gasteiger partial charge on any atom is 0.251 e. The molecule has 1 aliphatic heterocycles. The Kier molecular flexibility index (Phi) is 5.56. The van der Waals surface area contributed by atoms with Crippen molar-refractivity contribution in [3.63, 3.8) is 0 Å². The first-order chi connectivity index (χ1) is 12.7. The second-order valence-corrected chi connectivity index (χ2v) is 8.77. The standard InChI is InChI=1S/C23H30N2O2/c1-22(2)14-19(15-23(3,4)25-22)24-21(26)18-10-8-9-17(13-18)16-27-20-11-6-5-7-12-20/h5-13,19,25H,14-16H2,1-4H3,(H,24,26). The van der Waals surface area contributed by atoms with E-state index in [1.54, 1.807) is 0 Å². The lowest BCUT2D eigenvalue weighted by molar-refractivity contribution is 0.0873. The number of carbonyl (C=O) groups is 1. The predicted molar refractivity (Wildman–Crippen MR) is 109 cm³/mol. The minimum absolute atomic E-state index is 0.00503. The first-order valence-corrected chi connectivity index (χ1v) is 9.59. The second-order valence-electron chi connectivity index (χ2n) is 8.77. The molecule has 1 saturated heterocycles. The molecule has 4 nitrogen and oxygen atoms in total. The topological polar surface area (TPSA) is 50.4 Å². The molecule has 1 fully saturated rings. The van der Waals surface area contributed by atoms with Crippen LogP contribution in [0, 0.1) is 0 Å². The quantitative estimate of drug-likeness (QED) is 0.829. The molecule has 0 unspecified atom stereocenters. The number of amides is 1. The minimum atomic E-state index is -0.0185. The molecule has 2 aromatic carbocycles. The van der Waals surface area contributed by atoms with Crippen LogP contribution in [-0.4, -0.2) is 23.0 Å². The van der Waals surface area contributed by atoms with Gasteiger partial charge in [-0.25, -0.2) is 0 Å². The first kappa shape index (κ1) is 19.4. The second kappa shape index (κ2) is 7.73. The highest BCUT2D eigenvalue weighted by Crippen LogP contribution is 2.28. The molecule has 4 heteroatoms. The summed E-state index contributed by atoms with van der Waals surface area (Å²) < 4.78 is 5.79. The van der Waals surface area contributed by atoms with Crippen LogP contribution in [0.1, 0.15) is 56.5 Å². The lowest BCUT2D eigenvalue weighted by atomic mass is 9.79. The number of hydrogen-bond donors (Lipinski definition) is 2. The third kappa shape index (κ3) is 5.57. The number of carbonyl (C=O) groups excluding carboxylic acids is 1. The molecule has 0 radical (unpaired) electrons. The summed E-state index contributed by atoms with van der Waals surface area (Å²) in [6, 6.07) is 17.5. The molecule has 0 spiro atoms. The van der Waals surface area contributed by atoms with Crippen LogP contribution in [0.15, 0.2) is 54.6 Å². The maximum absolute atomic E-state index is 12.8. The Balaban J connectivity index is 1.63. The lowest BCUT2D eigenvalue weighted by Gasteiger charge is -2.46. The Hall–Kier alpha value is -2.33. The summed E-state index contributed by atoms with van der Waals surface area (Å²) in [5.41, 5.74) is 1.67. The third-order valence-corrected chi connectivity index (χ3v) is 4.86. The van der Waals surface area contributed by atoms with E-state index in [0.29, 0.717) is 12.2 Å². The molecule has 3 rings (SSSR count). The lowest BCUT2D eigenvalue weighted by Crippen LogP contribution is -2.62. The Bertz CT molecular complexity index is 768. The molecule has 1 amide bonds. The van der Waals surface area contributed by atoms with Crippen LogP contribution in [-0.2, 0) is 6.61 Å². The van der Waals surface area contributed by atoms with Crippen LogP contribution < -0.4 is 15.4 Å². The first-order valence-electron chi connectivity index (χ1n) is 9.59. The van der Waals surface area contributed by atoms with E-state index in [2.05, 4.69) is 38.3 Å². The largest absolute Gasteiger partial charge is 0.489 e. The summed E-state index contributed by atoms with van der Waals surface area (Å²) in [6.45, 7) is 9.20. The minimum Gasteiger partial charge on any atom is -0.489 e. The molecule has 1 heterocycles. The summed E-state index contributed by atoms with van der Waals surface area (Å²) in [7, 11) is 0. The van der Waals surface area contributed by atoms with E-state index < -0.39 is 0 Å². The molecule has 0 saturated carbocycles. The molecule has 0 atom stereocenters. The van der Waals surface area contributed by atoms with E-state index in [4.69, 9.17) is 4.74 Å². The fourth-order valence-corrected chi connectivity index (χ4v) is 4.18. The zero-order valence-corrected chi connectivity index (χ0v) is 16.7. The Morgan fingerprint density at radius 2 is 1.70 bits per heavy atom. The van der Waals surface area contributed by atoms with Gasteiger partial charge in [-0.05, 0) is 70.4 Å². The van der Waals surface area contributed by atoms with Crippen molar-refractivity contribution in [1.29, 1.82) is 0 Å². The normalized spacial score (nSPS) is 18.7. The Morgan fingerprint density at radius 1 is 1.04 bits per heavy atom. The smallest absolute Gasteiger partial charge is 0.251 e. The van der Waals surface area contributed by atoms with E-state index in [1.165, 1.54) is 0 Å². The van der Waals surface area contributed by atoms with Gasteiger partial charge in [-0.2, -0.15) is 0 Å². The number of hydrogen-bond acceptors (Lipinski definition) is 3. The molecule has 0 bridgehead atoms. The predicted octanol–water partition coefficient (Wildman–Crippen LogP) is 4.30. The van der Waals surface area contributed by atoms with Crippen LogP contribution in [0.2, 0.25) is 0 Å². The van der Waals surface area contributed by atoms with E-state index in [9.17, 15) is 4.79 Å². The Morgan fingerprint density at radius 3 is 2.37 bits per heavy atom. The van der Waals surface area contributed by atoms with Crippen molar-refractivity contribution >= 4 is 5.91 Å². The molecular formula is C23H30N2O2. The van der Waals surface area contributed by atoms with Gasteiger partial charge in [0.15, 0.2) is 0 Å². The summed E-state index contributed by atoms with van der Waals surface area (Å²) in [6.07, 6.45) is 1.83. The van der Waals surface area contributed by atoms with Gasteiger partial charge in [0.1, 0.15) is 12.4 Å². The summed E-state index contributed by atoms with van der Waals surface area (Å²) in [5.74, 6) is 0.807. The van der Waals surface area contributed by atoms with Crippen molar-refractivity contribution in [3.8, 4) is 5.75 Å². The number of para-hydroxylation sites is 1. The van der Waals surface area contributed by atoms with Crippen LogP contribution in [0.3, 0.4) is 0 Å². The van der Waals surface area contributed by atoms with Gasteiger partial charge < -0.3 is 15.4 Å². The maximum atomic E-state index is 12.8. The molecular weight excluding hydrogens is 336 g/mol. The number of ether oxygens (including phenoxy) is 1. The fourth-order valence-electron chi connectivity index (χ4n) is 4.18. The van der Waals surface area contributed by atoms with Gasteiger partial charge in [-0.15, -0.1) is 0 Å². The van der Waals surface area contributed by atoms with Crippen LogP contribution in [0.5, 0.6) is 5.75 Å². The van der Waals surface area contributed by atoms with Crippen LogP contribution in [0.4, 0.5) is 0 Å². The van der Waals surface area contributed by atoms with Gasteiger partial charge in [0.05, 0.1) is 0 Å². The third-order valence-electron chi connectivity index (χ3n) is 4.86. The van der Waals surface area contributed by atoms with E-state index in [0.717, 1.165) is 24.2 Å². The monoisotopic (exact) mass is 366 g/mol. The SMILES string of the molecule is CC1(C)CC(NC(=O)c2cccc(COc3ccccc3)c2)CC(C)(C)N1. The molecule has 1 aliphatic rings. The summed E-state index contributed by atoms with van der Waals surface area (Å²) in [4.78, 5) is 12.8. The zero-order chi connectivity index (χ0) is 19.5. The molecule has 27 heavy (non-hydrogen) atoms. The van der Waals surface area contributed by atoms with Gasteiger partial charge in [-0.3, -0.25) is 4.79 Å². The van der Waals surface area contributed by atoms with E-state index in [-0.39, 0.29) is 23.0 Å². The van der Waals surface area contributed by atoms with Gasteiger partial charge in [0, 0.05) is 22.7 Å². The highest BCUT2D eigenvalue weighted by atomic mass is 16.5. The summed E-state index contributed by atoms with van der Waals surface area (Å²) in [5, 5.41) is 6.88. The number of rotatable bonds is 5. The molecule has 2 aromatic rings. The van der Waals surface area contributed by atoms with Gasteiger partial charge in [-0.1, -0.05) is 30.3 Å². The zero-order valence-electron chi connectivity index (χ0n) is 16.7. The average molecular weight is 367 g/mol. The van der Waals surface area contributed by atoms with Crippen molar-refractivity contribution in [2.45, 2.75) is 64.3 Å². The molecule has 144 valence electrons. The summed E-state index contributed by atoms with van der Waals surface area (Å²) >= 11 is 0. The van der Waals surface area contributed by atoms with Crippen molar-refractivity contribution in [3.05, 3.63) is 65.7 Å². The number of nitrogens with one attached hydrogen (secondary N) is 2. The van der Waals surface area contributed by atoms with Crippen molar-refractivity contribution in [2.24, 2.45) is 0 Å². The number of benzene rings is 2. The molecule has 0 aliphatic carbocycles. The van der Waals surface area contributed by atoms with Crippen molar-refractivity contribution in [1.82, 2.24) is 10.6 Å². The molecule has 0 aromatic heterocycles. The average Bonchev–Trinajstić information content (AvgIpc) is 2.58. The van der Waals surface area contributed by atoms with Gasteiger partial charge in [0.2, 0.25) is 0 Å². The van der Waals surface area contributed by atoms with E-state index >= 15 is 0 Å². The highest BCUT2D eigenvalue weighted by Gasteiger charge is 2.38.